The number of thioether (sulfide) groups is 1. The third-order valence-corrected chi connectivity index (χ3v) is 5.71. The van der Waals surface area contributed by atoms with Crippen LogP contribution in [0.3, 0.4) is 0 Å². The quantitative estimate of drug-likeness (QED) is 0.673. The minimum atomic E-state index is 0.623. The topological polar surface area (TPSA) is 27.8 Å². The van der Waals surface area contributed by atoms with Crippen LogP contribution in [-0.2, 0) is 6.42 Å². The lowest BCUT2D eigenvalue weighted by Crippen LogP contribution is -2.25. The zero-order valence-corrected chi connectivity index (χ0v) is 14.0. The third kappa shape index (κ3) is 3.17. The smallest absolute Gasteiger partial charge is 0.0768 e. The van der Waals surface area contributed by atoms with Crippen LogP contribution in [0.1, 0.15) is 23.5 Å². The molecule has 23 heavy (non-hydrogen) atoms. The number of H-pyrrole nitrogens is 1. The molecule has 0 saturated carbocycles. The van der Waals surface area contributed by atoms with Gasteiger partial charge in [0.25, 0.3) is 0 Å². The van der Waals surface area contributed by atoms with Gasteiger partial charge in [-0.3, -0.25) is 0 Å². The normalized spacial score (nSPS) is 17.3. The van der Waals surface area contributed by atoms with Gasteiger partial charge in [0, 0.05) is 29.1 Å². The van der Waals surface area contributed by atoms with Crippen LogP contribution in [0.4, 0.5) is 0 Å². The summed E-state index contributed by atoms with van der Waals surface area (Å²) in [6.07, 6.45) is 2.36. The van der Waals surface area contributed by atoms with E-state index in [0.29, 0.717) is 5.92 Å². The van der Waals surface area contributed by atoms with Crippen molar-refractivity contribution in [3.05, 3.63) is 65.7 Å². The summed E-state index contributed by atoms with van der Waals surface area (Å²) in [5.74, 6) is 1.84. The van der Waals surface area contributed by atoms with Crippen LogP contribution >= 0.6 is 11.8 Å². The lowest BCUT2D eigenvalue weighted by atomic mass is 9.95. The standard InChI is InChI=1S/C20H22N2S/c1-2-6-15(7-3-1)10-12-21-14-16-11-13-23-20-19(16)17-8-4-5-9-18(17)22-20/h1-9,16,21-22H,10-14H2. The minimum absolute atomic E-state index is 0.623. The van der Waals surface area contributed by atoms with E-state index in [1.807, 2.05) is 11.8 Å². The lowest BCUT2D eigenvalue weighted by molar-refractivity contribution is 0.565. The maximum atomic E-state index is 3.68. The number of nitrogens with one attached hydrogen (secondary N) is 2. The van der Waals surface area contributed by atoms with Crippen LogP contribution in [0.15, 0.2) is 59.6 Å². The Morgan fingerprint density at radius 3 is 2.78 bits per heavy atom. The molecule has 2 N–H and O–H groups in total. The van der Waals surface area contributed by atoms with Gasteiger partial charge in [-0.2, -0.15) is 0 Å². The first-order chi connectivity index (χ1) is 11.4. The van der Waals surface area contributed by atoms with Gasteiger partial charge in [0.15, 0.2) is 0 Å². The van der Waals surface area contributed by atoms with Gasteiger partial charge in [-0.15, -0.1) is 11.8 Å². The number of aromatic nitrogens is 1. The van der Waals surface area contributed by atoms with Crippen LogP contribution in [-0.4, -0.2) is 23.8 Å². The molecule has 1 atom stereocenters. The van der Waals surface area contributed by atoms with Gasteiger partial charge < -0.3 is 10.3 Å². The van der Waals surface area contributed by atoms with E-state index in [-0.39, 0.29) is 0 Å². The van der Waals surface area contributed by atoms with Gasteiger partial charge in [-0.1, -0.05) is 48.5 Å². The molecule has 0 radical (unpaired) electrons. The molecule has 2 heterocycles. The van der Waals surface area contributed by atoms with Crippen molar-refractivity contribution in [2.45, 2.75) is 23.8 Å². The maximum Gasteiger partial charge on any atom is 0.0768 e. The monoisotopic (exact) mass is 322 g/mol. The molecule has 0 bridgehead atoms. The SMILES string of the molecule is c1ccc(CCNCC2CCSc3[nH]c4ccccc4c32)cc1. The van der Waals surface area contributed by atoms with E-state index in [4.69, 9.17) is 0 Å². The van der Waals surface area contributed by atoms with Gasteiger partial charge in [0.2, 0.25) is 0 Å². The Labute approximate surface area is 141 Å². The first kappa shape index (κ1) is 14.9. The summed E-state index contributed by atoms with van der Waals surface area (Å²) in [7, 11) is 0. The molecule has 2 nitrogen and oxygen atoms in total. The van der Waals surface area contributed by atoms with E-state index in [1.165, 1.54) is 39.2 Å². The number of benzene rings is 2. The zero-order chi connectivity index (χ0) is 15.5. The predicted octanol–water partition coefficient (Wildman–Crippen LogP) is 4.58. The highest BCUT2D eigenvalue weighted by Gasteiger charge is 2.24. The van der Waals surface area contributed by atoms with Gasteiger partial charge in [-0.25, -0.2) is 0 Å². The molecule has 0 aliphatic carbocycles. The summed E-state index contributed by atoms with van der Waals surface area (Å²) >= 11 is 1.97. The number of hydrogen-bond acceptors (Lipinski definition) is 2. The highest BCUT2D eigenvalue weighted by atomic mass is 32.2. The second-order valence-corrected chi connectivity index (χ2v) is 7.29. The molecule has 0 spiro atoms. The van der Waals surface area contributed by atoms with Crippen molar-refractivity contribution in [2.24, 2.45) is 0 Å². The molecule has 3 aromatic rings. The number of fused-ring (bicyclic) bond motifs is 3. The van der Waals surface area contributed by atoms with Gasteiger partial charge in [-0.05, 0) is 36.6 Å². The molecule has 1 aliphatic heterocycles. The summed E-state index contributed by atoms with van der Waals surface area (Å²) in [6.45, 7) is 2.12. The van der Waals surface area contributed by atoms with Crippen LogP contribution in [0.25, 0.3) is 10.9 Å². The average Bonchev–Trinajstić information content (AvgIpc) is 2.99. The summed E-state index contributed by atoms with van der Waals surface area (Å²) < 4.78 is 0. The van der Waals surface area contributed by atoms with E-state index < -0.39 is 0 Å². The third-order valence-electron chi connectivity index (χ3n) is 4.66. The van der Waals surface area contributed by atoms with Gasteiger partial charge in [0.05, 0.1) is 5.03 Å². The zero-order valence-electron chi connectivity index (χ0n) is 13.2. The Balaban J connectivity index is 1.43. The highest BCUT2D eigenvalue weighted by Crippen LogP contribution is 2.41. The number of aromatic amines is 1. The van der Waals surface area contributed by atoms with Gasteiger partial charge in [0.1, 0.15) is 0 Å². The molecule has 1 aliphatic rings. The van der Waals surface area contributed by atoms with Crippen LogP contribution in [0.5, 0.6) is 0 Å². The Bertz CT molecular complexity index is 779. The fourth-order valence-corrected chi connectivity index (χ4v) is 4.68. The van der Waals surface area contributed by atoms with Crippen molar-refractivity contribution in [2.75, 3.05) is 18.8 Å². The Morgan fingerprint density at radius 2 is 1.87 bits per heavy atom. The maximum absolute atomic E-state index is 3.68. The van der Waals surface area contributed by atoms with Crippen LogP contribution in [0, 0.1) is 0 Å². The summed E-state index contributed by atoms with van der Waals surface area (Å²) in [5, 5.41) is 6.46. The molecule has 1 aromatic heterocycles. The average molecular weight is 322 g/mol. The predicted molar refractivity (Wildman–Crippen MR) is 99.4 cm³/mol. The fourth-order valence-electron chi connectivity index (χ4n) is 3.46. The number of hydrogen-bond donors (Lipinski definition) is 2. The molecule has 1 unspecified atom stereocenters. The number of rotatable bonds is 5. The van der Waals surface area contributed by atoms with E-state index in [9.17, 15) is 0 Å². The number of para-hydroxylation sites is 1. The van der Waals surface area contributed by atoms with Crippen LogP contribution < -0.4 is 5.32 Å². The highest BCUT2D eigenvalue weighted by molar-refractivity contribution is 7.99. The molecule has 2 aromatic carbocycles. The second kappa shape index (κ2) is 6.81. The molecule has 4 rings (SSSR count). The molecule has 0 saturated heterocycles. The molecular formula is C20H22N2S. The van der Waals surface area contributed by atoms with Crippen molar-refractivity contribution in [3.8, 4) is 0 Å². The van der Waals surface area contributed by atoms with E-state index in [2.05, 4.69) is 64.9 Å². The molecule has 118 valence electrons. The first-order valence-corrected chi connectivity index (χ1v) is 9.38. The summed E-state index contributed by atoms with van der Waals surface area (Å²) in [6, 6.07) is 19.4. The Morgan fingerprint density at radius 1 is 1.04 bits per heavy atom. The van der Waals surface area contributed by atoms with Crippen LogP contribution in [0.2, 0.25) is 0 Å². The summed E-state index contributed by atoms with van der Waals surface area (Å²) in [4.78, 5) is 3.60. The molecule has 0 amide bonds. The first-order valence-electron chi connectivity index (χ1n) is 8.40. The fraction of sp³-hybridized carbons (Fsp3) is 0.300. The molecule has 3 heteroatoms. The summed E-state index contributed by atoms with van der Waals surface area (Å²) in [5.41, 5.74) is 4.22. The minimum Gasteiger partial charge on any atom is -0.349 e. The van der Waals surface area contributed by atoms with Crippen molar-refractivity contribution in [3.63, 3.8) is 0 Å². The van der Waals surface area contributed by atoms with Crippen molar-refractivity contribution in [1.82, 2.24) is 10.3 Å². The van der Waals surface area contributed by atoms with E-state index >= 15 is 0 Å². The largest absolute Gasteiger partial charge is 0.349 e. The van der Waals surface area contributed by atoms with Crippen molar-refractivity contribution < 1.29 is 0 Å². The van der Waals surface area contributed by atoms with E-state index in [1.54, 1.807) is 0 Å². The molecule has 0 fully saturated rings. The van der Waals surface area contributed by atoms with E-state index in [0.717, 1.165) is 19.5 Å². The lowest BCUT2D eigenvalue weighted by Gasteiger charge is -2.23. The molecular weight excluding hydrogens is 300 g/mol. The van der Waals surface area contributed by atoms with Crippen molar-refractivity contribution in [1.29, 1.82) is 0 Å². The Kier molecular flexibility index (Phi) is 4.40. The van der Waals surface area contributed by atoms with Crippen molar-refractivity contribution >= 4 is 22.7 Å². The second-order valence-electron chi connectivity index (χ2n) is 6.19. The van der Waals surface area contributed by atoms with Gasteiger partial charge >= 0.3 is 0 Å². The Hall–Kier alpha value is -1.71.